The maximum Gasteiger partial charge on any atom is 0.417 e. The molecule has 0 bridgehead atoms. The molecule has 0 heterocycles. The van der Waals surface area contributed by atoms with Crippen molar-refractivity contribution in [3.8, 4) is 5.75 Å². The van der Waals surface area contributed by atoms with E-state index in [0.717, 1.165) is 18.9 Å². The van der Waals surface area contributed by atoms with Gasteiger partial charge in [-0.2, -0.15) is 13.2 Å². The van der Waals surface area contributed by atoms with Crippen LogP contribution in [0.25, 0.3) is 0 Å². The highest BCUT2D eigenvalue weighted by Crippen LogP contribution is 2.33. The fourth-order valence-electron chi connectivity index (χ4n) is 1.76. The predicted molar refractivity (Wildman–Crippen MR) is 72.0 cm³/mol. The average Bonchev–Trinajstić information content (AvgIpc) is 2.33. The van der Waals surface area contributed by atoms with Gasteiger partial charge in [0.15, 0.2) is 0 Å². The van der Waals surface area contributed by atoms with E-state index in [1.165, 1.54) is 12.1 Å². The van der Waals surface area contributed by atoms with Crippen LogP contribution in [0.1, 0.15) is 37.8 Å². The summed E-state index contributed by atoms with van der Waals surface area (Å²) in [5.41, 5.74) is 3.94. The minimum absolute atomic E-state index is 0.298. The summed E-state index contributed by atoms with van der Waals surface area (Å²) in [6.07, 6.45) is -2.72. The molecular weight excluding hydrogens is 269 g/mol. The second-order valence-electron chi connectivity index (χ2n) is 5.00. The SMILES string of the molecule is CC(C)CCCOc1ccc(C(F)(F)F)c(C(=N)N)c1. The molecule has 0 saturated heterocycles. The van der Waals surface area contributed by atoms with Gasteiger partial charge in [0.1, 0.15) is 11.6 Å². The van der Waals surface area contributed by atoms with Gasteiger partial charge < -0.3 is 10.5 Å². The van der Waals surface area contributed by atoms with E-state index in [2.05, 4.69) is 13.8 Å². The molecule has 0 amide bonds. The van der Waals surface area contributed by atoms with Crippen molar-refractivity contribution in [2.75, 3.05) is 6.61 Å². The molecule has 0 atom stereocenters. The number of alkyl halides is 3. The Balaban J connectivity index is 2.81. The number of benzene rings is 1. The van der Waals surface area contributed by atoms with E-state index >= 15 is 0 Å². The number of hydrogen-bond donors (Lipinski definition) is 2. The van der Waals surface area contributed by atoms with E-state index in [-0.39, 0.29) is 5.56 Å². The van der Waals surface area contributed by atoms with Crippen LogP contribution in [0.15, 0.2) is 18.2 Å². The summed E-state index contributed by atoms with van der Waals surface area (Å²) in [6, 6.07) is 3.32. The molecule has 112 valence electrons. The average molecular weight is 288 g/mol. The van der Waals surface area contributed by atoms with E-state index in [0.29, 0.717) is 18.3 Å². The van der Waals surface area contributed by atoms with Crippen molar-refractivity contribution in [2.45, 2.75) is 32.9 Å². The summed E-state index contributed by atoms with van der Waals surface area (Å²) in [4.78, 5) is 0. The third-order valence-corrected chi connectivity index (χ3v) is 2.78. The van der Waals surface area contributed by atoms with Crippen molar-refractivity contribution < 1.29 is 17.9 Å². The van der Waals surface area contributed by atoms with Gasteiger partial charge in [-0.3, -0.25) is 5.41 Å². The first-order chi connectivity index (χ1) is 9.21. The Bertz CT molecular complexity index is 470. The molecule has 0 unspecified atom stereocenters. The van der Waals surface area contributed by atoms with E-state index in [9.17, 15) is 13.2 Å². The van der Waals surface area contributed by atoms with Gasteiger partial charge in [0.2, 0.25) is 0 Å². The Morgan fingerprint density at radius 3 is 2.50 bits per heavy atom. The van der Waals surface area contributed by atoms with Gasteiger partial charge in [0, 0.05) is 5.56 Å². The zero-order chi connectivity index (χ0) is 15.3. The Morgan fingerprint density at radius 1 is 1.35 bits per heavy atom. The number of hydrogen-bond acceptors (Lipinski definition) is 2. The molecule has 1 rings (SSSR count). The van der Waals surface area contributed by atoms with Gasteiger partial charge >= 0.3 is 6.18 Å². The molecule has 0 fully saturated rings. The predicted octanol–water partition coefficient (Wildman–Crippen LogP) is 3.80. The Kier molecular flexibility index (Phi) is 5.42. The van der Waals surface area contributed by atoms with Crippen LogP contribution in [-0.4, -0.2) is 12.4 Å². The molecule has 1 aromatic carbocycles. The fraction of sp³-hybridized carbons (Fsp3) is 0.500. The molecule has 0 aliphatic carbocycles. The summed E-state index contributed by atoms with van der Waals surface area (Å²) in [5.74, 6) is 0.232. The van der Waals surface area contributed by atoms with E-state index in [4.69, 9.17) is 15.9 Å². The van der Waals surface area contributed by atoms with Crippen LogP contribution in [0.4, 0.5) is 13.2 Å². The van der Waals surface area contributed by atoms with Crippen molar-refractivity contribution >= 4 is 5.84 Å². The third kappa shape index (κ3) is 4.75. The highest BCUT2D eigenvalue weighted by molar-refractivity contribution is 5.97. The van der Waals surface area contributed by atoms with Crippen molar-refractivity contribution in [3.63, 3.8) is 0 Å². The maximum atomic E-state index is 12.7. The summed E-state index contributed by atoms with van der Waals surface area (Å²) in [6.45, 7) is 4.61. The second-order valence-corrected chi connectivity index (χ2v) is 5.00. The lowest BCUT2D eigenvalue weighted by Gasteiger charge is -2.14. The van der Waals surface area contributed by atoms with Crippen LogP contribution < -0.4 is 10.5 Å². The van der Waals surface area contributed by atoms with E-state index in [1.807, 2.05) is 0 Å². The molecule has 1 aromatic rings. The lowest BCUT2D eigenvalue weighted by Crippen LogP contribution is -2.19. The van der Waals surface area contributed by atoms with Crippen molar-refractivity contribution in [2.24, 2.45) is 11.7 Å². The lowest BCUT2D eigenvalue weighted by atomic mass is 10.1. The van der Waals surface area contributed by atoms with Crippen molar-refractivity contribution in [1.29, 1.82) is 5.41 Å². The molecule has 0 spiro atoms. The van der Waals surface area contributed by atoms with Crippen LogP contribution in [0, 0.1) is 11.3 Å². The standard InChI is InChI=1S/C14H19F3N2O/c1-9(2)4-3-7-20-10-5-6-12(14(15,16)17)11(8-10)13(18)19/h5-6,8-9H,3-4,7H2,1-2H3,(H3,18,19). The minimum Gasteiger partial charge on any atom is -0.494 e. The zero-order valence-corrected chi connectivity index (χ0v) is 11.6. The minimum atomic E-state index is -4.53. The summed E-state index contributed by atoms with van der Waals surface area (Å²) in [7, 11) is 0. The molecule has 6 heteroatoms. The number of nitrogen functional groups attached to an aromatic ring is 1. The third-order valence-electron chi connectivity index (χ3n) is 2.78. The summed E-state index contributed by atoms with van der Waals surface area (Å²) >= 11 is 0. The highest BCUT2D eigenvalue weighted by atomic mass is 19.4. The quantitative estimate of drug-likeness (QED) is 0.475. The summed E-state index contributed by atoms with van der Waals surface area (Å²) < 4.78 is 43.6. The van der Waals surface area contributed by atoms with Crippen LogP contribution >= 0.6 is 0 Å². The smallest absolute Gasteiger partial charge is 0.417 e. The van der Waals surface area contributed by atoms with Gasteiger partial charge in [0.05, 0.1) is 12.2 Å². The monoisotopic (exact) mass is 288 g/mol. The molecule has 0 aliphatic heterocycles. The van der Waals surface area contributed by atoms with E-state index in [1.54, 1.807) is 0 Å². The molecule has 3 N–H and O–H groups in total. The number of ether oxygens (including phenoxy) is 1. The first-order valence-electron chi connectivity index (χ1n) is 6.40. The first kappa shape index (κ1) is 16.3. The number of amidine groups is 1. The van der Waals surface area contributed by atoms with Crippen LogP contribution in [0.2, 0.25) is 0 Å². The van der Waals surface area contributed by atoms with Crippen LogP contribution in [0.5, 0.6) is 5.75 Å². The van der Waals surface area contributed by atoms with Gasteiger partial charge in [0.25, 0.3) is 0 Å². The first-order valence-corrected chi connectivity index (χ1v) is 6.40. The lowest BCUT2D eigenvalue weighted by molar-refractivity contribution is -0.137. The highest BCUT2D eigenvalue weighted by Gasteiger charge is 2.34. The van der Waals surface area contributed by atoms with Crippen LogP contribution in [0.3, 0.4) is 0 Å². The van der Waals surface area contributed by atoms with Gasteiger partial charge in [-0.25, -0.2) is 0 Å². The molecule has 0 aromatic heterocycles. The number of nitrogens with one attached hydrogen (secondary N) is 1. The largest absolute Gasteiger partial charge is 0.494 e. The molecule has 20 heavy (non-hydrogen) atoms. The number of nitrogens with two attached hydrogens (primary N) is 1. The zero-order valence-electron chi connectivity index (χ0n) is 11.6. The normalized spacial score (nSPS) is 11.7. The molecular formula is C14H19F3N2O. The number of rotatable bonds is 6. The Labute approximate surface area is 116 Å². The van der Waals surface area contributed by atoms with Crippen LogP contribution in [-0.2, 0) is 6.18 Å². The molecule has 0 saturated carbocycles. The van der Waals surface area contributed by atoms with E-state index < -0.39 is 17.6 Å². The Hall–Kier alpha value is -1.72. The van der Waals surface area contributed by atoms with Crippen molar-refractivity contribution in [3.05, 3.63) is 29.3 Å². The Morgan fingerprint density at radius 2 is 2.00 bits per heavy atom. The maximum absolute atomic E-state index is 12.7. The molecule has 3 nitrogen and oxygen atoms in total. The molecule has 0 aliphatic rings. The van der Waals surface area contributed by atoms with Gasteiger partial charge in [-0.05, 0) is 37.0 Å². The van der Waals surface area contributed by atoms with Crippen molar-refractivity contribution in [1.82, 2.24) is 0 Å². The summed E-state index contributed by atoms with van der Waals surface area (Å²) in [5, 5.41) is 7.24. The van der Waals surface area contributed by atoms with Gasteiger partial charge in [-0.1, -0.05) is 13.8 Å². The number of halogens is 3. The fourth-order valence-corrected chi connectivity index (χ4v) is 1.76. The van der Waals surface area contributed by atoms with Gasteiger partial charge in [-0.15, -0.1) is 0 Å². The topological polar surface area (TPSA) is 59.1 Å². The molecule has 0 radical (unpaired) electrons. The second kappa shape index (κ2) is 6.63.